The maximum absolute atomic E-state index is 13.5. The Kier molecular flexibility index (Phi) is 5.10. The highest BCUT2D eigenvalue weighted by Crippen LogP contribution is 2.37. The monoisotopic (exact) mass is 345 g/mol. The number of para-hydroxylation sites is 1. The van der Waals surface area contributed by atoms with Crippen LogP contribution in [-0.2, 0) is 4.79 Å². The summed E-state index contributed by atoms with van der Waals surface area (Å²) < 4.78 is 50.3. The molecule has 0 fully saturated rings. The number of pyridine rings is 1. The van der Waals surface area contributed by atoms with E-state index in [2.05, 4.69) is 4.98 Å². The molecule has 8 heteroatoms. The summed E-state index contributed by atoms with van der Waals surface area (Å²) in [6.45, 7) is -1.14. The van der Waals surface area contributed by atoms with Gasteiger partial charge in [-0.1, -0.05) is 24.3 Å². The molecule has 1 heterocycles. The molecule has 0 radical (unpaired) electrons. The second-order valence-corrected chi connectivity index (χ2v) is 4.81. The Morgan fingerprint density at radius 3 is 2.26 bits per heavy atom. The predicted molar refractivity (Wildman–Crippen MR) is 76.4 cm³/mol. The van der Waals surface area contributed by atoms with Gasteiger partial charge in [0.05, 0.1) is 0 Å². The third-order valence-electron chi connectivity index (χ3n) is 2.88. The molecule has 0 bridgehead atoms. The Morgan fingerprint density at radius 2 is 1.74 bits per heavy atom. The van der Waals surface area contributed by atoms with Crippen LogP contribution in [0.5, 0.6) is 11.6 Å². The summed E-state index contributed by atoms with van der Waals surface area (Å²) in [6.07, 6.45) is -3.87. The molecule has 2 rings (SSSR count). The average molecular weight is 346 g/mol. The molecule has 0 amide bonds. The van der Waals surface area contributed by atoms with Crippen LogP contribution >= 0.6 is 11.6 Å². The zero-order valence-electron chi connectivity index (χ0n) is 11.6. The second-order valence-electron chi connectivity index (χ2n) is 4.47. The van der Waals surface area contributed by atoms with Crippen LogP contribution in [0.4, 0.5) is 13.2 Å². The quantitative estimate of drug-likeness (QED) is 0.750. The summed E-state index contributed by atoms with van der Waals surface area (Å²) in [5.74, 6) is -0.251. The Balaban J connectivity index is 2.31. The van der Waals surface area contributed by atoms with Crippen LogP contribution in [0.1, 0.15) is 0 Å². The van der Waals surface area contributed by atoms with Crippen LogP contribution in [-0.4, -0.2) is 28.6 Å². The number of hydrogen-bond acceptors (Lipinski definition) is 4. The summed E-state index contributed by atoms with van der Waals surface area (Å²) in [5.41, 5.74) is -3.36. The molecule has 1 unspecified atom stereocenters. The first kappa shape index (κ1) is 17.1. The zero-order chi connectivity index (χ0) is 16.9. The molecule has 1 aromatic heterocycles. The summed E-state index contributed by atoms with van der Waals surface area (Å²) in [6, 6.07) is 11.8. The van der Waals surface area contributed by atoms with Gasteiger partial charge in [0, 0.05) is 12.3 Å². The van der Waals surface area contributed by atoms with Crippen molar-refractivity contribution in [2.24, 2.45) is 0 Å². The normalized spacial score (nSPS) is 13.9. The van der Waals surface area contributed by atoms with Gasteiger partial charge in [-0.25, -0.2) is 4.98 Å². The molecule has 0 aliphatic rings. The fourth-order valence-corrected chi connectivity index (χ4v) is 1.87. The van der Waals surface area contributed by atoms with Crippen LogP contribution in [0.2, 0.25) is 0 Å². The lowest BCUT2D eigenvalue weighted by atomic mass is 10.1. The first-order chi connectivity index (χ1) is 10.8. The summed E-state index contributed by atoms with van der Waals surface area (Å²) >= 11 is 5.21. The minimum Gasteiger partial charge on any atom is -0.488 e. The number of carbonyl (C=O) groups excluding carboxylic acids is 1. The van der Waals surface area contributed by atoms with E-state index in [9.17, 15) is 18.0 Å². The van der Waals surface area contributed by atoms with Crippen LogP contribution < -0.4 is 9.47 Å². The molecule has 0 N–H and O–H groups in total. The van der Waals surface area contributed by atoms with Gasteiger partial charge < -0.3 is 9.47 Å². The maximum Gasteiger partial charge on any atom is 0.440 e. The second kappa shape index (κ2) is 6.87. The van der Waals surface area contributed by atoms with Gasteiger partial charge in [0.1, 0.15) is 12.4 Å². The highest BCUT2D eigenvalue weighted by Gasteiger charge is 2.64. The topological polar surface area (TPSA) is 48.4 Å². The minimum absolute atomic E-state index is 0.142. The van der Waals surface area contributed by atoms with Crippen molar-refractivity contribution in [3.8, 4) is 11.6 Å². The Labute approximate surface area is 134 Å². The lowest BCUT2D eigenvalue weighted by molar-refractivity contribution is -0.244. The number of hydrogen-bond donors (Lipinski definition) is 0. The van der Waals surface area contributed by atoms with Gasteiger partial charge in [-0.05, 0) is 29.8 Å². The first-order valence-corrected chi connectivity index (χ1v) is 6.77. The molecule has 0 aliphatic heterocycles. The zero-order valence-corrected chi connectivity index (χ0v) is 12.3. The van der Waals surface area contributed by atoms with Crippen molar-refractivity contribution < 1.29 is 27.4 Å². The number of carbonyl (C=O) groups is 1. The third kappa shape index (κ3) is 3.92. The van der Waals surface area contributed by atoms with E-state index < -0.39 is 29.5 Å². The average Bonchev–Trinajstić information content (AvgIpc) is 2.52. The number of alkyl halides is 3. The van der Waals surface area contributed by atoms with Crippen LogP contribution in [0.15, 0.2) is 54.7 Å². The Hall–Kier alpha value is -2.28. The van der Waals surface area contributed by atoms with Crippen molar-refractivity contribution in [1.82, 2.24) is 4.98 Å². The van der Waals surface area contributed by atoms with E-state index in [-0.39, 0.29) is 5.75 Å². The Morgan fingerprint density at radius 1 is 1.09 bits per heavy atom. The molecule has 23 heavy (non-hydrogen) atoms. The van der Waals surface area contributed by atoms with Crippen molar-refractivity contribution in [2.45, 2.75) is 11.8 Å². The van der Waals surface area contributed by atoms with Crippen molar-refractivity contribution in [3.05, 3.63) is 54.7 Å². The highest BCUT2D eigenvalue weighted by molar-refractivity contribution is 6.65. The van der Waals surface area contributed by atoms with Crippen LogP contribution in [0.25, 0.3) is 0 Å². The van der Waals surface area contributed by atoms with Gasteiger partial charge in [-0.2, -0.15) is 13.2 Å². The molecule has 0 spiro atoms. The van der Waals surface area contributed by atoms with Crippen molar-refractivity contribution in [2.75, 3.05) is 6.61 Å². The summed E-state index contributed by atoms with van der Waals surface area (Å²) in [5, 5.41) is -1.74. The van der Waals surface area contributed by atoms with Crippen molar-refractivity contribution in [3.63, 3.8) is 0 Å². The SMILES string of the molecule is O=C(Cl)C(COc1ccccc1)(Oc1ccccn1)C(F)(F)F. The summed E-state index contributed by atoms with van der Waals surface area (Å²) in [4.78, 5) is 15.2. The molecule has 0 aliphatic carbocycles. The highest BCUT2D eigenvalue weighted by atomic mass is 35.5. The number of aromatic nitrogens is 1. The fourth-order valence-electron chi connectivity index (χ4n) is 1.67. The van der Waals surface area contributed by atoms with E-state index in [0.717, 1.165) is 0 Å². The van der Waals surface area contributed by atoms with Gasteiger partial charge in [0.25, 0.3) is 5.24 Å². The van der Waals surface area contributed by atoms with Crippen molar-refractivity contribution in [1.29, 1.82) is 0 Å². The summed E-state index contributed by atoms with van der Waals surface area (Å²) in [7, 11) is 0. The largest absolute Gasteiger partial charge is 0.488 e. The van der Waals surface area contributed by atoms with E-state index in [0.29, 0.717) is 0 Å². The number of halogens is 4. The van der Waals surface area contributed by atoms with E-state index in [1.807, 2.05) is 0 Å². The maximum atomic E-state index is 13.5. The third-order valence-corrected chi connectivity index (χ3v) is 3.18. The van der Waals surface area contributed by atoms with E-state index in [1.165, 1.54) is 36.5 Å². The smallest absolute Gasteiger partial charge is 0.440 e. The molecule has 0 saturated carbocycles. The minimum atomic E-state index is -5.10. The van der Waals surface area contributed by atoms with Gasteiger partial charge >= 0.3 is 11.8 Å². The number of benzene rings is 1. The first-order valence-electron chi connectivity index (χ1n) is 6.40. The van der Waals surface area contributed by atoms with Gasteiger partial charge in [0.2, 0.25) is 5.88 Å². The molecule has 4 nitrogen and oxygen atoms in total. The standard InChI is InChI=1S/C15H11ClF3NO3/c16-13(21)14(15(17,18)19,23-12-8-4-5-9-20-12)10-22-11-6-2-1-3-7-11/h1-9H,10H2. The molecular formula is C15H11ClF3NO3. The van der Waals surface area contributed by atoms with E-state index >= 15 is 0 Å². The van der Waals surface area contributed by atoms with E-state index in [4.69, 9.17) is 21.1 Å². The molecule has 0 saturated heterocycles. The predicted octanol–water partition coefficient (Wildman–Crippen LogP) is 3.61. The van der Waals surface area contributed by atoms with Crippen molar-refractivity contribution >= 4 is 16.8 Å². The number of rotatable bonds is 6. The molecule has 1 aromatic carbocycles. The fraction of sp³-hybridized carbons (Fsp3) is 0.200. The van der Waals surface area contributed by atoms with Gasteiger partial charge in [-0.3, -0.25) is 4.79 Å². The van der Waals surface area contributed by atoms with Crippen LogP contribution in [0, 0.1) is 0 Å². The van der Waals surface area contributed by atoms with E-state index in [1.54, 1.807) is 18.2 Å². The number of nitrogens with zero attached hydrogens (tertiary/aromatic N) is 1. The lowest BCUT2D eigenvalue weighted by Crippen LogP contribution is -2.59. The van der Waals surface area contributed by atoms with Gasteiger partial charge in [-0.15, -0.1) is 0 Å². The molecule has 122 valence electrons. The molecule has 1 atom stereocenters. The van der Waals surface area contributed by atoms with Gasteiger partial charge in [0.15, 0.2) is 0 Å². The Bertz CT molecular complexity index is 652. The lowest BCUT2D eigenvalue weighted by Gasteiger charge is -2.31. The number of ether oxygens (including phenoxy) is 2. The molecule has 2 aromatic rings. The molecular weight excluding hydrogens is 335 g/mol. The van der Waals surface area contributed by atoms with Crippen LogP contribution in [0.3, 0.4) is 0 Å².